The van der Waals surface area contributed by atoms with Crippen LogP contribution in [0.15, 0.2) is 42.7 Å². The van der Waals surface area contributed by atoms with Crippen molar-refractivity contribution in [2.45, 2.75) is 32.7 Å². The molecule has 3 rings (SSSR count). The molecule has 1 atom stereocenters. The van der Waals surface area contributed by atoms with Crippen molar-refractivity contribution < 1.29 is 9.59 Å². The van der Waals surface area contributed by atoms with E-state index in [-0.39, 0.29) is 18.2 Å². The first-order valence-corrected chi connectivity index (χ1v) is 9.68. The number of carbonyl (C=O) groups is 2. The van der Waals surface area contributed by atoms with Gasteiger partial charge in [0, 0.05) is 25.5 Å². The molecule has 10 heteroatoms. The lowest BCUT2D eigenvalue weighted by molar-refractivity contribution is -0.115. The Hall–Kier alpha value is -3.69. The molecule has 0 spiro atoms. The van der Waals surface area contributed by atoms with E-state index < -0.39 is 0 Å². The van der Waals surface area contributed by atoms with E-state index in [0.29, 0.717) is 29.7 Å². The van der Waals surface area contributed by atoms with Crippen LogP contribution in [0.25, 0.3) is 0 Å². The monoisotopic (exact) mass is 408 g/mol. The number of hydrogen-bond donors (Lipinski definition) is 2. The zero-order valence-corrected chi connectivity index (χ0v) is 16.9. The molecule has 3 heterocycles. The molecule has 0 unspecified atom stereocenters. The summed E-state index contributed by atoms with van der Waals surface area (Å²) < 4.78 is 1.67. The highest BCUT2D eigenvalue weighted by Gasteiger charge is 2.11. The molecule has 3 aromatic heterocycles. The molecule has 2 amide bonds. The predicted octanol–water partition coefficient (Wildman–Crippen LogP) is 1.27. The summed E-state index contributed by atoms with van der Waals surface area (Å²) in [5.74, 6) is 0.283. The molecule has 0 radical (unpaired) electrons. The highest BCUT2D eigenvalue weighted by Crippen LogP contribution is 2.11. The third-order valence-corrected chi connectivity index (χ3v) is 4.45. The summed E-state index contributed by atoms with van der Waals surface area (Å²) in [5.41, 5.74) is 1.84. The molecule has 0 bridgehead atoms. The Morgan fingerprint density at radius 2 is 1.97 bits per heavy atom. The van der Waals surface area contributed by atoms with Crippen molar-refractivity contribution in [1.82, 2.24) is 35.5 Å². The standard InChI is InChI=1S/C20H24N8O2/c1-14(12-28-13-17(25-27-28)20(30)21-2)6-7-15-8-9-18(26-24-15)23-19(29)11-16-5-3-4-10-22-16/h3-5,8-10,13-14H,6-7,11-12H2,1-2H3,(H,21,30)(H,23,26,29)/t14-/m1/s1. The highest BCUT2D eigenvalue weighted by molar-refractivity contribution is 5.91. The zero-order valence-electron chi connectivity index (χ0n) is 16.9. The van der Waals surface area contributed by atoms with Crippen molar-refractivity contribution in [3.63, 3.8) is 0 Å². The maximum absolute atomic E-state index is 12.1. The van der Waals surface area contributed by atoms with Gasteiger partial charge < -0.3 is 10.6 Å². The first-order chi connectivity index (χ1) is 14.5. The smallest absolute Gasteiger partial charge is 0.273 e. The van der Waals surface area contributed by atoms with Crippen molar-refractivity contribution in [2.24, 2.45) is 5.92 Å². The SMILES string of the molecule is CNC(=O)c1cn(C[C@H](C)CCc2ccc(NC(=O)Cc3ccccn3)nn2)nn1. The number of hydrogen-bond acceptors (Lipinski definition) is 7. The first kappa shape index (κ1) is 21.0. The topological polar surface area (TPSA) is 128 Å². The lowest BCUT2D eigenvalue weighted by atomic mass is 10.0. The van der Waals surface area contributed by atoms with Gasteiger partial charge in [0.2, 0.25) is 5.91 Å². The van der Waals surface area contributed by atoms with Crippen LogP contribution in [0.3, 0.4) is 0 Å². The largest absolute Gasteiger partial charge is 0.354 e. The number of anilines is 1. The van der Waals surface area contributed by atoms with E-state index in [0.717, 1.165) is 18.5 Å². The zero-order chi connectivity index (χ0) is 21.3. The van der Waals surface area contributed by atoms with E-state index in [4.69, 9.17) is 0 Å². The molecule has 0 saturated heterocycles. The minimum atomic E-state index is -0.253. The van der Waals surface area contributed by atoms with Crippen LogP contribution < -0.4 is 10.6 Å². The second kappa shape index (κ2) is 10.2. The van der Waals surface area contributed by atoms with Gasteiger partial charge in [-0.1, -0.05) is 18.2 Å². The minimum Gasteiger partial charge on any atom is -0.354 e. The van der Waals surface area contributed by atoms with Crippen LogP contribution in [0.1, 0.15) is 35.2 Å². The van der Waals surface area contributed by atoms with E-state index in [9.17, 15) is 9.59 Å². The van der Waals surface area contributed by atoms with Crippen molar-refractivity contribution in [3.8, 4) is 0 Å². The summed E-state index contributed by atoms with van der Waals surface area (Å²) in [4.78, 5) is 27.7. The average Bonchev–Trinajstić information content (AvgIpc) is 3.21. The third kappa shape index (κ3) is 6.16. The molecule has 0 aromatic carbocycles. The number of aromatic nitrogens is 6. The van der Waals surface area contributed by atoms with Crippen LogP contribution in [-0.2, 0) is 24.2 Å². The second-order valence-corrected chi connectivity index (χ2v) is 7.00. The molecular formula is C20H24N8O2. The molecule has 3 aromatic rings. The first-order valence-electron chi connectivity index (χ1n) is 9.68. The molecular weight excluding hydrogens is 384 g/mol. The lowest BCUT2D eigenvalue weighted by Gasteiger charge is -2.10. The summed E-state index contributed by atoms with van der Waals surface area (Å²) in [6.45, 7) is 2.75. The predicted molar refractivity (Wildman–Crippen MR) is 109 cm³/mol. The molecule has 156 valence electrons. The van der Waals surface area contributed by atoms with Gasteiger partial charge in [-0.25, -0.2) is 0 Å². The number of aryl methyl sites for hydroxylation is 1. The fourth-order valence-corrected chi connectivity index (χ4v) is 2.84. The lowest BCUT2D eigenvalue weighted by Crippen LogP contribution is -2.18. The molecule has 0 aliphatic carbocycles. The van der Waals surface area contributed by atoms with E-state index in [1.807, 2.05) is 12.1 Å². The van der Waals surface area contributed by atoms with E-state index in [1.165, 1.54) is 0 Å². The van der Waals surface area contributed by atoms with Crippen molar-refractivity contribution in [1.29, 1.82) is 0 Å². The summed E-state index contributed by atoms with van der Waals surface area (Å²) in [6.07, 6.45) is 5.09. The van der Waals surface area contributed by atoms with E-state index in [1.54, 1.807) is 42.3 Å². The Morgan fingerprint density at radius 3 is 2.67 bits per heavy atom. The molecule has 2 N–H and O–H groups in total. The van der Waals surface area contributed by atoms with Gasteiger partial charge in [-0.2, -0.15) is 5.10 Å². The van der Waals surface area contributed by atoms with Gasteiger partial charge in [-0.3, -0.25) is 19.3 Å². The Kier molecular flexibility index (Phi) is 7.14. The van der Waals surface area contributed by atoms with Crippen LogP contribution in [0.2, 0.25) is 0 Å². The molecule has 0 saturated carbocycles. The molecule has 10 nitrogen and oxygen atoms in total. The summed E-state index contributed by atoms with van der Waals surface area (Å²) in [7, 11) is 1.56. The number of rotatable bonds is 9. The van der Waals surface area contributed by atoms with Crippen LogP contribution in [0.4, 0.5) is 5.82 Å². The fraction of sp³-hybridized carbons (Fsp3) is 0.350. The summed E-state index contributed by atoms with van der Waals surface area (Å²) >= 11 is 0. The molecule has 0 aliphatic heterocycles. The van der Waals surface area contributed by atoms with Crippen molar-refractivity contribution in [3.05, 3.63) is 59.8 Å². The van der Waals surface area contributed by atoms with Gasteiger partial charge >= 0.3 is 0 Å². The Morgan fingerprint density at radius 1 is 1.10 bits per heavy atom. The summed E-state index contributed by atoms with van der Waals surface area (Å²) in [6, 6.07) is 9.05. The van der Waals surface area contributed by atoms with Gasteiger partial charge in [0.15, 0.2) is 11.5 Å². The summed E-state index contributed by atoms with van der Waals surface area (Å²) in [5, 5.41) is 21.4. The highest BCUT2D eigenvalue weighted by atomic mass is 16.2. The average molecular weight is 408 g/mol. The van der Waals surface area contributed by atoms with Gasteiger partial charge in [0.25, 0.3) is 5.91 Å². The minimum absolute atomic E-state index is 0.186. The van der Waals surface area contributed by atoms with E-state index in [2.05, 4.69) is 43.1 Å². The number of carbonyl (C=O) groups excluding carboxylic acids is 2. The normalized spacial score (nSPS) is 11.7. The maximum Gasteiger partial charge on any atom is 0.273 e. The Bertz CT molecular complexity index is 972. The Labute approximate surface area is 174 Å². The van der Waals surface area contributed by atoms with Gasteiger partial charge in [-0.05, 0) is 43.0 Å². The molecule has 30 heavy (non-hydrogen) atoms. The van der Waals surface area contributed by atoms with Gasteiger partial charge in [0.05, 0.1) is 18.3 Å². The van der Waals surface area contributed by atoms with Crippen LogP contribution >= 0.6 is 0 Å². The molecule has 0 fully saturated rings. The number of amides is 2. The number of pyridine rings is 1. The van der Waals surface area contributed by atoms with Gasteiger partial charge in [0.1, 0.15) is 0 Å². The van der Waals surface area contributed by atoms with Crippen LogP contribution in [0, 0.1) is 5.92 Å². The number of nitrogens with one attached hydrogen (secondary N) is 2. The maximum atomic E-state index is 12.1. The Balaban J connectivity index is 1.44. The van der Waals surface area contributed by atoms with E-state index >= 15 is 0 Å². The van der Waals surface area contributed by atoms with Crippen molar-refractivity contribution in [2.75, 3.05) is 12.4 Å². The number of nitrogens with zero attached hydrogens (tertiary/aromatic N) is 6. The van der Waals surface area contributed by atoms with Gasteiger partial charge in [-0.15, -0.1) is 10.2 Å². The van der Waals surface area contributed by atoms with Crippen LogP contribution in [0.5, 0.6) is 0 Å². The van der Waals surface area contributed by atoms with Crippen LogP contribution in [-0.4, -0.2) is 49.0 Å². The fourth-order valence-electron chi connectivity index (χ4n) is 2.84. The quantitative estimate of drug-likeness (QED) is 0.546. The molecule has 0 aliphatic rings. The second-order valence-electron chi connectivity index (χ2n) is 7.00. The third-order valence-electron chi connectivity index (χ3n) is 4.45. The van der Waals surface area contributed by atoms with Crippen molar-refractivity contribution >= 4 is 17.6 Å².